The average Bonchev–Trinajstić information content (AvgIpc) is 2.50. The normalized spacial score (nSPS) is 10.5. The van der Waals surface area contributed by atoms with Crippen LogP contribution in [0.3, 0.4) is 0 Å². The molecular formula is C11H15NO3. The van der Waals surface area contributed by atoms with Gasteiger partial charge in [-0.2, -0.15) is 0 Å². The van der Waals surface area contributed by atoms with E-state index < -0.39 is 5.97 Å². The summed E-state index contributed by atoms with van der Waals surface area (Å²) in [6.07, 6.45) is 1.68. The highest BCUT2D eigenvalue weighted by molar-refractivity contribution is 5.69. The zero-order chi connectivity index (χ0) is 11.3. The van der Waals surface area contributed by atoms with E-state index in [1.165, 1.54) is 0 Å². The number of carboxylic acids is 1. The number of rotatable bonds is 6. The second-order valence-electron chi connectivity index (χ2n) is 3.36. The second kappa shape index (κ2) is 5.36. The highest BCUT2D eigenvalue weighted by Crippen LogP contribution is 2.09. The quantitative estimate of drug-likeness (QED) is 0.724. The van der Waals surface area contributed by atoms with Crippen molar-refractivity contribution in [2.24, 2.45) is 0 Å². The first-order valence-corrected chi connectivity index (χ1v) is 4.72. The number of aryl methyl sites for hydroxylation is 1. The van der Waals surface area contributed by atoms with Crippen LogP contribution in [0.1, 0.15) is 11.5 Å². The number of furan rings is 1. The number of hydrogen-bond donors (Lipinski definition) is 1. The lowest BCUT2D eigenvalue weighted by atomic mass is 10.3. The molecule has 0 bridgehead atoms. The summed E-state index contributed by atoms with van der Waals surface area (Å²) in [4.78, 5) is 12.3. The van der Waals surface area contributed by atoms with Crippen LogP contribution < -0.4 is 0 Å². The van der Waals surface area contributed by atoms with E-state index in [1.54, 1.807) is 11.0 Å². The fraction of sp³-hybridized carbons (Fsp3) is 0.364. The van der Waals surface area contributed by atoms with Crippen LogP contribution in [0.2, 0.25) is 0 Å². The molecule has 4 nitrogen and oxygen atoms in total. The summed E-state index contributed by atoms with van der Waals surface area (Å²) in [6, 6.07) is 3.72. The van der Waals surface area contributed by atoms with Crippen LogP contribution in [0.5, 0.6) is 0 Å². The van der Waals surface area contributed by atoms with Crippen molar-refractivity contribution in [3.8, 4) is 0 Å². The number of carboxylic acid groups (broad SMARTS) is 1. The van der Waals surface area contributed by atoms with Crippen molar-refractivity contribution >= 4 is 5.97 Å². The first kappa shape index (κ1) is 11.5. The minimum absolute atomic E-state index is 0.00817. The first-order valence-electron chi connectivity index (χ1n) is 4.72. The third kappa shape index (κ3) is 3.99. The Hall–Kier alpha value is -1.55. The highest BCUT2D eigenvalue weighted by atomic mass is 16.4. The third-order valence-electron chi connectivity index (χ3n) is 1.92. The standard InChI is InChI=1S/C11H15NO3/c1-3-6-12(8-11(13)14)7-10-5-4-9(2)15-10/h3-5H,1,6-8H2,2H3,(H,13,14). The van der Waals surface area contributed by atoms with Gasteiger partial charge in [0, 0.05) is 6.54 Å². The summed E-state index contributed by atoms with van der Waals surface area (Å²) in [7, 11) is 0. The largest absolute Gasteiger partial charge is 0.480 e. The average molecular weight is 209 g/mol. The molecule has 0 unspecified atom stereocenters. The Labute approximate surface area is 88.8 Å². The van der Waals surface area contributed by atoms with Crippen molar-refractivity contribution < 1.29 is 14.3 Å². The fourth-order valence-corrected chi connectivity index (χ4v) is 1.35. The lowest BCUT2D eigenvalue weighted by molar-refractivity contribution is -0.138. The topological polar surface area (TPSA) is 53.7 Å². The molecule has 0 atom stereocenters. The lowest BCUT2D eigenvalue weighted by Crippen LogP contribution is -2.29. The van der Waals surface area contributed by atoms with Crippen molar-refractivity contribution in [1.29, 1.82) is 0 Å². The number of aliphatic carboxylic acids is 1. The van der Waals surface area contributed by atoms with Gasteiger partial charge < -0.3 is 9.52 Å². The maximum atomic E-state index is 10.6. The molecule has 0 aliphatic rings. The number of nitrogens with zero attached hydrogens (tertiary/aromatic N) is 1. The Balaban J connectivity index is 2.57. The number of carbonyl (C=O) groups is 1. The Morgan fingerprint density at radius 3 is 2.87 bits per heavy atom. The molecule has 1 heterocycles. The fourth-order valence-electron chi connectivity index (χ4n) is 1.35. The summed E-state index contributed by atoms with van der Waals surface area (Å²) >= 11 is 0. The van der Waals surface area contributed by atoms with Gasteiger partial charge >= 0.3 is 5.97 Å². The van der Waals surface area contributed by atoms with Gasteiger partial charge in [0.05, 0.1) is 13.1 Å². The Bertz CT molecular complexity index is 343. The van der Waals surface area contributed by atoms with E-state index in [0.29, 0.717) is 13.1 Å². The van der Waals surface area contributed by atoms with Gasteiger partial charge in [-0.25, -0.2) is 0 Å². The second-order valence-corrected chi connectivity index (χ2v) is 3.36. The summed E-state index contributed by atoms with van der Waals surface area (Å²) < 4.78 is 5.37. The molecule has 0 fully saturated rings. The van der Waals surface area contributed by atoms with Crippen LogP contribution in [-0.4, -0.2) is 29.1 Å². The van der Waals surface area contributed by atoms with Crippen LogP contribution in [0.4, 0.5) is 0 Å². The van der Waals surface area contributed by atoms with E-state index >= 15 is 0 Å². The molecule has 0 radical (unpaired) electrons. The first-order chi connectivity index (χ1) is 7.11. The zero-order valence-electron chi connectivity index (χ0n) is 8.77. The van der Waals surface area contributed by atoms with Crippen LogP contribution in [0, 0.1) is 6.92 Å². The van der Waals surface area contributed by atoms with Crippen LogP contribution in [0.25, 0.3) is 0 Å². The Kier molecular flexibility index (Phi) is 4.12. The van der Waals surface area contributed by atoms with Gasteiger partial charge in [0.25, 0.3) is 0 Å². The summed E-state index contributed by atoms with van der Waals surface area (Å²) in [6.45, 7) is 6.47. The van der Waals surface area contributed by atoms with Crippen LogP contribution in [-0.2, 0) is 11.3 Å². The van der Waals surface area contributed by atoms with Gasteiger partial charge in [-0.05, 0) is 19.1 Å². The van der Waals surface area contributed by atoms with Crippen molar-refractivity contribution in [1.82, 2.24) is 4.90 Å². The minimum Gasteiger partial charge on any atom is -0.480 e. The van der Waals surface area contributed by atoms with E-state index in [4.69, 9.17) is 9.52 Å². The summed E-state index contributed by atoms with van der Waals surface area (Å²) in [5, 5.41) is 8.69. The van der Waals surface area contributed by atoms with Gasteiger partial charge in [0.2, 0.25) is 0 Å². The smallest absolute Gasteiger partial charge is 0.317 e. The molecule has 0 aliphatic carbocycles. The van der Waals surface area contributed by atoms with E-state index in [2.05, 4.69) is 6.58 Å². The molecule has 0 spiro atoms. The van der Waals surface area contributed by atoms with E-state index in [-0.39, 0.29) is 6.54 Å². The number of hydrogen-bond acceptors (Lipinski definition) is 3. The van der Waals surface area contributed by atoms with E-state index in [9.17, 15) is 4.79 Å². The highest BCUT2D eigenvalue weighted by Gasteiger charge is 2.10. The Morgan fingerprint density at radius 1 is 1.67 bits per heavy atom. The summed E-state index contributed by atoms with van der Waals surface area (Å²) in [5.41, 5.74) is 0. The van der Waals surface area contributed by atoms with E-state index in [0.717, 1.165) is 11.5 Å². The lowest BCUT2D eigenvalue weighted by Gasteiger charge is -2.16. The Morgan fingerprint density at radius 2 is 2.40 bits per heavy atom. The summed E-state index contributed by atoms with van der Waals surface area (Å²) in [5.74, 6) is 0.759. The third-order valence-corrected chi connectivity index (χ3v) is 1.92. The SMILES string of the molecule is C=CCN(CC(=O)O)Cc1ccc(C)o1. The molecule has 0 aromatic carbocycles. The molecule has 1 aromatic heterocycles. The molecule has 1 N–H and O–H groups in total. The van der Waals surface area contributed by atoms with Gasteiger partial charge in [0.1, 0.15) is 11.5 Å². The molecule has 0 aliphatic heterocycles. The van der Waals surface area contributed by atoms with Crippen molar-refractivity contribution in [2.45, 2.75) is 13.5 Å². The maximum absolute atomic E-state index is 10.6. The van der Waals surface area contributed by atoms with Crippen molar-refractivity contribution in [3.63, 3.8) is 0 Å². The van der Waals surface area contributed by atoms with Gasteiger partial charge in [-0.1, -0.05) is 6.08 Å². The predicted molar refractivity (Wildman–Crippen MR) is 56.6 cm³/mol. The van der Waals surface area contributed by atoms with Crippen LogP contribution >= 0.6 is 0 Å². The van der Waals surface area contributed by atoms with Crippen LogP contribution in [0.15, 0.2) is 29.2 Å². The zero-order valence-corrected chi connectivity index (χ0v) is 8.77. The van der Waals surface area contributed by atoms with Gasteiger partial charge in [0.15, 0.2) is 0 Å². The maximum Gasteiger partial charge on any atom is 0.317 e. The molecule has 0 saturated carbocycles. The molecule has 15 heavy (non-hydrogen) atoms. The monoisotopic (exact) mass is 209 g/mol. The minimum atomic E-state index is -0.847. The molecule has 82 valence electrons. The van der Waals surface area contributed by atoms with E-state index in [1.807, 2.05) is 19.1 Å². The van der Waals surface area contributed by atoms with Crippen molar-refractivity contribution in [2.75, 3.05) is 13.1 Å². The molecule has 1 rings (SSSR count). The molecule has 0 saturated heterocycles. The van der Waals surface area contributed by atoms with Gasteiger partial charge in [-0.3, -0.25) is 9.69 Å². The molecule has 1 aromatic rings. The molecule has 4 heteroatoms. The predicted octanol–water partition coefficient (Wildman–Crippen LogP) is 1.66. The van der Waals surface area contributed by atoms with Crippen molar-refractivity contribution in [3.05, 3.63) is 36.3 Å². The molecule has 0 amide bonds. The molecular weight excluding hydrogens is 194 g/mol. The van der Waals surface area contributed by atoms with Gasteiger partial charge in [-0.15, -0.1) is 6.58 Å².